The van der Waals surface area contributed by atoms with Gasteiger partial charge in [0, 0.05) is 29.2 Å². The van der Waals surface area contributed by atoms with Crippen LogP contribution in [0.1, 0.15) is 31.7 Å². The first-order valence-electron chi connectivity index (χ1n) is 7.51. The van der Waals surface area contributed by atoms with E-state index >= 15 is 0 Å². The standard InChI is InChI=1S/C16H25BrN2O/c1-3-19(12-15-6-4-5-9-18-15)11-13-10-14(17)7-8-16(13)20-2/h7-8,10,15,18H,3-6,9,11-12H2,1-2H3. The third kappa shape index (κ3) is 4.47. The van der Waals surface area contributed by atoms with E-state index in [0.717, 1.165) is 29.9 Å². The topological polar surface area (TPSA) is 24.5 Å². The number of halogens is 1. The summed E-state index contributed by atoms with van der Waals surface area (Å²) in [7, 11) is 1.74. The quantitative estimate of drug-likeness (QED) is 0.858. The van der Waals surface area contributed by atoms with Crippen molar-refractivity contribution in [1.29, 1.82) is 0 Å². The molecule has 0 saturated carbocycles. The van der Waals surface area contributed by atoms with E-state index in [1.165, 1.54) is 31.4 Å². The van der Waals surface area contributed by atoms with E-state index < -0.39 is 0 Å². The summed E-state index contributed by atoms with van der Waals surface area (Å²) in [4.78, 5) is 2.49. The number of benzene rings is 1. The number of nitrogens with one attached hydrogen (secondary N) is 1. The Morgan fingerprint density at radius 1 is 1.40 bits per heavy atom. The summed E-state index contributed by atoms with van der Waals surface area (Å²) in [6.45, 7) is 6.52. The summed E-state index contributed by atoms with van der Waals surface area (Å²) >= 11 is 3.55. The Morgan fingerprint density at radius 3 is 2.90 bits per heavy atom. The molecule has 0 bridgehead atoms. The fourth-order valence-electron chi connectivity index (χ4n) is 2.81. The Balaban J connectivity index is 1.99. The molecule has 3 nitrogen and oxygen atoms in total. The van der Waals surface area contributed by atoms with Gasteiger partial charge in [0.2, 0.25) is 0 Å². The van der Waals surface area contributed by atoms with Gasteiger partial charge in [-0.1, -0.05) is 29.3 Å². The van der Waals surface area contributed by atoms with Crippen LogP contribution in [-0.4, -0.2) is 37.7 Å². The molecular formula is C16H25BrN2O. The van der Waals surface area contributed by atoms with Gasteiger partial charge in [0.05, 0.1) is 7.11 Å². The van der Waals surface area contributed by atoms with Crippen LogP contribution >= 0.6 is 15.9 Å². The second kappa shape index (κ2) is 8.01. The van der Waals surface area contributed by atoms with Crippen molar-refractivity contribution in [2.75, 3.05) is 26.7 Å². The van der Waals surface area contributed by atoms with Gasteiger partial charge < -0.3 is 10.1 Å². The molecule has 0 amide bonds. The fraction of sp³-hybridized carbons (Fsp3) is 0.625. The molecule has 20 heavy (non-hydrogen) atoms. The number of piperidine rings is 1. The lowest BCUT2D eigenvalue weighted by atomic mass is 10.0. The van der Waals surface area contributed by atoms with Crippen molar-refractivity contribution in [2.45, 2.75) is 38.8 Å². The van der Waals surface area contributed by atoms with Gasteiger partial charge in [-0.05, 0) is 44.1 Å². The van der Waals surface area contributed by atoms with Crippen LogP contribution in [0.3, 0.4) is 0 Å². The zero-order valence-corrected chi connectivity index (χ0v) is 14.1. The number of methoxy groups -OCH3 is 1. The van der Waals surface area contributed by atoms with Gasteiger partial charge in [0.15, 0.2) is 0 Å². The molecule has 1 N–H and O–H groups in total. The van der Waals surface area contributed by atoms with E-state index in [-0.39, 0.29) is 0 Å². The predicted molar refractivity (Wildman–Crippen MR) is 87.3 cm³/mol. The number of ether oxygens (including phenoxy) is 1. The fourth-order valence-corrected chi connectivity index (χ4v) is 3.22. The molecule has 1 aliphatic rings. The van der Waals surface area contributed by atoms with Crippen LogP contribution in [0.5, 0.6) is 5.75 Å². The molecule has 4 heteroatoms. The van der Waals surface area contributed by atoms with Gasteiger partial charge in [-0.2, -0.15) is 0 Å². The first kappa shape index (κ1) is 15.8. The summed E-state index contributed by atoms with van der Waals surface area (Å²) in [5, 5.41) is 3.63. The molecule has 1 unspecified atom stereocenters. The second-order valence-corrected chi connectivity index (χ2v) is 6.35. The molecule has 1 aromatic rings. The van der Waals surface area contributed by atoms with Gasteiger partial charge in [-0.3, -0.25) is 4.90 Å². The average Bonchev–Trinajstić information content (AvgIpc) is 2.48. The summed E-state index contributed by atoms with van der Waals surface area (Å²) in [5.41, 5.74) is 1.25. The molecule has 0 aliphatic carbocycles. The Bertz CT molecular complexity index is 419. The molecule has 1 aromatic carbocycles. The predicted octanol–water partition coefficient (Wildman–Crippen LogP) is 3.42. The van der Waals surface area contributed by atoms with E-state index in [1.54, 1.807) is 7.11 Å². The maximum atomic E-state index is 5.47. The lowest BCUT2D eigenvalue weighted by molar-refractivity contribution is 0.224. The highest BCUT2D eigenvalue weighted by molar-refractivity contribution is 9.10. The first-order valence-corrected chi connectivity index (χ1v) is 8.30. The lowest BCUT2D eigenvalue weighted by Crippen LogP contribution is -2.43. The molecule has 1 atom stereocenters. The second-order valence-electron chi connectivity index (χ2n) is 5.43. The van der Waals surface area contributed by atoms with E-state index in [2.05, 4.69) is 39.1 Å². The molecular weight excluding hydrogens is 316 g/mol. The number of likely N-dealkylation sites (N-methyl/N-ethyl adjacent to an activating group) is 1. The zero-order valence-electron chi connectivity index (χ0n) is 12.5. The van der Waals surface area contributed by atoms with Crippen molar-refractivity contribution in [3.63, 3.8) is 0 Å². The largest absolute Gasteiger partial charge is 0.496 e. The minimum Gasteiger partial charge on any atom is -0.496 e. The third-order valence-electron chi connectivity index (χ3n) is 3.97. The lowest BCUT2D eigenvalue weighted by Gasteiger charge is -2.30. The van der Waals surface area contributed by atoms with Crippen LogP contribution in [0.15, 0.2) is 22.7 Å². The SMILES string of the molecule is CCN(Cc1cc(Br)ccc1OC)CC1CCCCN1. The first-order chi connectivity index (χ1) is 9.72. The Labute approximate surface area is 130 Å². The third-order valence-corrected chi connectivity index (χ3v) is 4.47. The van der Waals surface area contributed by atoms with Crippen molar-refractivity contribution in [3.8, 4) is 5.75 Å². The average molecular weight is 341 g/mol. The maximum Gasteiger partial charge on any atom is 0.123 e. The number of hydrogen-bond acceptors (Lipinski definition) is 3. The summed E-state index contributed by atoms with van der Waals surface area (Å²) in [6.07, 6.45) is 3.98. The minimum absolute atomic E-state index is 0.641. The molecule has 0 radical (unpaired) electrons. The van der Waals surface area contributed by atoms with E-state index in [1.807, 2.05) is 12.1 Å². The molecule has 0 aromatic heterocycles. The molecule has 2 rings (SSSR count). The van der Waals surface area contributed by atoms with Crippen LogP contribution in [0.4, 0.5) is 0 Å². The van der Waals surface area contributed by atoms with Crippen LogP contribution < -0.4 is 10.1 Å². The van der Waals surface area contributed by atoms with E-state index in [0.29, 0.717) is 6.04 Å². The Kier molecular flexibility index (Phi) is 6.33. The van der Waals surface area contributed by atoms with Crippen molar-refractivity contribution >= 4 is 15.9 Å². The van der Waals surface area contributed by atoms with Gasteiger partial charge >= 0.3 is 0 Å². The highest BCUT2D eigenvalue weighted by Gasteiger charge is 2.17. The zero-order chi connectivity index (χ0) is 14.4. The van der Waals surface area contributed by atoms with Crippen LogP contribution in [0, 0.1) is 0 Å². The maximum absolute atomic E-state index is 5.47. The molecule has 1 aliphatic heterocycles. The van der Waals surface area contributed by atoms with Crippen molar-refractivity contribution in [1.82, 2.24) is 10.2 Å². The molecule has 0 spiro atoms. The van der Waals surface area contributed by atoms with E-state index in [9.17, 15) is 0 Å². The Morgan fingerprint density at radius 2 is 2.25 bits per heavy atom. The van der Waals surface area contributed by atoms with Crippen LogP contribution in [-0.2, 0) is 6.54 Å². The Hall–Kier alpha value is -0.580. The normalized spacial score (nSPS) is 19.3. The van der Waals surface area contributed by atoms with Gasteiger partial charge in [-0.25, -0.2) is 0 Å². The van der Waals surface area contributed by atoms with Crippen molar-refractivity contribution in [2.24, 2.45) is 0 Å². The molecule has 1 fully saturated rings. The van der Waals surface area contributed by atoms with Crippen LogP contribution in [0.25, 0.3) is 0 Å². The highest BCUT2D eigenvalue weighted by atomic mass is 79.9. The minimum atomic E-state index is 0.641. The molecule has 1 heterocycles. The summed E-state index contributed by atoms with van der Waals surface area (Å²) in [5.74, 6) is 0.975. The number of rotatable bonds is 6. The smallest absolute Gasteiger partial charge is 0.123 e. The summed E-state index contributed by atoms with van der Waals surface area (Å²) < 4.78 is 6.58. The highest BCUT2D eigenvalue weighted by Crippen LogP contribution is 2.24. The number of nitrogens with zero attached hydrogens (tertiary/aromatic N) is 1. The molecule has 1 saturated heterocycles. The van der Waals surface area contributed by atoms with Gasteiger partial charge in [0.1, 0.15) is 5.75 Å². The monoisotopic (exact) mass is 340 g/mol. The van der Waals surface area contributed by atoms with Crippen molar-refractivity contribution in [3.05, 3.63) is 28.2 Å². The van der Waals surface area contributed by atoms with Gasteiger partial charge in [-0.15, -0.1) is 0 Å². The van der Waals surface area contributed by atoms with Gasteiger partial charge in [0.25, 0.3) is 0 Å². The van der Waals surface area contributed by atoms with E-state index in [4.69, 9.17) is 4.74 Å². The van der Waals surface area contributed by atoms with Crippen molar-refractivity contribution < 1.29 is 4.74 Å². The molecule has 112 valence electrons. The number of hydrogen-bond donors (Lipinski definition) is 1. The van der Waals surface area contributed by atoms with Crippen LogP contribution in [0.2, 0.25) is 0 Å². The summed E-state index contributed by atoms with van der Waals surface area (Å²) in [6, 6.07) is 6.87.